The molecule has 0 spiro atoms. The Balaban J connectivity index is 1.67. The van der Waals surface area contributed by atoms with E-state index in [4.69, 9.17) is 0 Å². The number of nitrogens with one attached hydrogen (secondary N) is 1. The highest BCUT2D eigenvalue weighted by Gasteiger charge is 2.26. The lowest BCUT2D eigenvalue weighted by atomic mass is 10.1. The van der Waals surface area contributed by atoms with Gasteiger partial charge in [0.2, 0.25) is 5.43 Å². The maximum absolute atomic E-state index is 13.3. The number of aromatic nitrogens is 1. The normalized spacial score (nSPS) is 14.6. The molecule has 7 heteroatoms. The largest absolute Gasteiger partial charge is 0.352 e. The summed E-state index contributed by atoms with van der Waals surface area (Å²) in [5, 5.41) is 2.80. The minimum absolute atomic E-state index is 0.0163. The van der Waals surface area contributed by atoms with Crippen LogP contribution in [0.1, 0.15) is 65.9 Å². The van der Waals surface area contributed by atoms with Gasteiger partial charge in [0.15, 0.2) is 0 Å². The number of unbranched alkanes of at least 4 members (excludes halogenated alkanes) is 1. The third-order valence-corrected chi connectivity index (χ3v) is 6.07. The zero-order chi connectivity index (χ0) is 24.5. The molecule has 2 aromatic rings. The minimum atomic E-state index is -0.496. The van der Waals surface area contributed by atoms with E-state index >= 15 is 0 Å². The molecule has 1 aliphatic heterocycles. The number of carbonyl (C=O) groups excluding carboxylic acids is 2. The monoisotopic (exact) mass is 464 g/mol. The Morgan fingerprint density at radius 2 is 1.71 bits per heavy atom. The van der Waals surface area contributed by atoms with Gasteiger partial charge in [0.25, 0.3) is 11.8 Å². The molecule has 1 N–H and O–H groups in total. The number of carbonyl (C=O) groups is 2. The molecule has 1 aromatic heterocycles. The number of nitrogens with zero attached hydrogens (tertiary/aromatic N) is 3. The average Bonchev–Trinajstić information content (AvgIpc) is 2.85. The lowest BCUT2D eigenvalue weighted by Gasteiger charge is -2.34. The second-order valence-corrected chi connectivity index (χ2v) is 8.97. The summed E-state index contributed by atoms with van der Waals surface area (Å²) in [6, 6.07) is 10.2. The van der Waals surface area contributed by atoms with Crippen LogP contribution in [0.4, 0.5) is 0 Å². The van der Waals surface area contributed by atoms with E-state index in [1.54, 1.807) is 21.9 Å². The molecule has 0 unspecified atom stereocenters. The predicted molar refractivity (Wildman–Crippen MR) is 136 cm³/mol. The minimum Gasteiger partial charge on any atom is -0.352 e. The molecule has 1 saturated heterocycles. The Kier molecular flexibility index (Phi) is 9.22. The molecule has 3 rings (SSSR count). The standard InChI is InChI=1S/C27H36N4O3/c1-4-5-13-28-26(33)23-19-31(21(2)3)20-24(25(23)32)27(34)30-17-15-29(16-18-30)14-9-12-22-10-7-6-8-11-22/h6-12,19-21H,4-5,13-18H2,1-3H3,(H,28,33). The molecule has 34 heavy (non-hydrogen) atoms. The fourth-order valence-corrected chi connectivity index (χ4v) is 3.89. The lowest BCUT2D eigenvalue weighted by Crippen LogP contribution is -2.49. The highest BCUT2D eigenvalue weighted by atomic mass is 16.2. The SMILES string of the molecule is CCCCNC(=O)c1cn(C(C)C)cc(C(=O)N2CCN(CC=Cc3ccccc3)CC2)c1=O. The third kappa shape index (κ3) is 6.67. The van der Waals surface area contributed by atoms with Crippen LogP contribution in [0.15, 0.2) is 53.6 Å². The van der Waals surface area contributed by atoms with Gasteiger partial charge in [-0.15, -0.1) is 0 Å². The Hall–Kier alpha value is -3.19. The molecule has 0 aliphatic carbocycles. The molecule has 2 heterocycles. The van der Waals surface area contributed by atoms with Crippen LogP contribution in [0, 0.1) is 0 Å². The van der Waals surface area contributed by atoms with Gasteiger partial charge in [0, 0.05) is 57.7 Å². The molecule has 1 aliphatic rings. The highest BCUT2D eigenvalue weighted by molar-refractivity contribution is 5.99. The zero-order valence-electron chi connectivity index (χ0n) is 20.5. The van der Waals surface area contributed by atoms with Crippen molar-refractivity contribution < 1.29 is 9.59 Å². The molecule has 1 fully saturated rings. The van der Waals surface area contributed by atoms with Crippen molar-refractivity contribution in [2.45, 2.75) is 39.7 Å². The van der Waals surface area contributed by atoms with E-state index in [9.17, 15) is 14.4 Å². The van der Waals surface area contributed by atoms with Crippen LogP contribution in [-0.2, 0) is 0 Å². The van der Waals surface area contributed by atoms with Crippen molar-refractivity contribution in [3.63, 3.8) is 0 Å². The molecule has 1 aromatic carbocycles. The van der Waals surface area contributed by atoms with Crippen LogP contribution < -0.4 is 10.7 Å². The van der Waals surface area contributed by atoms with Gasteiger partial charge in [-0.3, -0.25) is 19.3 Å². The second-order valence-electron chi connectivity index (χ2n) is 8.97. The van der Waals surface area contributed by atoms with Crippen LogP contribution in [0.2, 0.25) is 0 Å². The second kappa shape index (κ2) is 12.3. The molecule has 0 saturated carbocycles. The summed E-state index contributed by atoms with van der Waals surface area (Å²) in [6.45, 7) is 9.84. The Bertz CT molecular complexity index is 1050. The fraction of sp³-hybridized carbons (Fsp3) is 0.444. The number of pyridine rings is 1. The molecule has 0 bridgehead atoms. The van der Waals surface area contributed by atoms with Crippen molar-refractivity contribution in [3.05, 3.63) is 75.7 Å². The van der Waals surface area contributed by atoms with Gasteiger partial charge in [-0.2, -0.15) is 0 Å². The first-order chi connectivity index (χ1) is 16.4. The maximum atomic E-state index is 13.3. The number of piperazine rings is 1. The van der Waals surface area contributed by atoms with Crippen LogP contribution in [0.3, 0.4) is 0 Å². The van der Waals surface area contributed by atoms with E-state index in [1.807, 2.05) is 39.0 Å². The fourth-order valence-electron chi connectivity index (χ4n) is 3.89. The highest BCUT2D eigenvalue weighted by Crippen LogP contribution is 2.12. The zero-order valence-corrected chi connectivity index (χ0v) is 20.5. The summed E-state index contributed by atoms with van der Waals surface area (Å²) in [4.78, 5) is 43.0. The molecular formula is C27H36N4O3. The van der Waals surface area contributed by atoms with Crippen molar-refractivity contribution in [2.24, 2.45) is 0 Å². The number of hydrogen-bond acceptors (Lipinski definition) is 4. The summed E-state index contributed by atoms with van der Waals surface area (Å²) < 4.78 is 1.77. The van der Waals surface area contributed by atoms with E-state index in [-0.39, 0.29) is 23.1 Å². The molecule has 0 radical (unpaired) electrons. The van der Waals surface area contributed by atoms with E-state index in [2.05, 4.69) is 34.5 Å². The molecule has 2 amide bonds. The van der Waals surface area contributed by atoms with Gasteiger partial charge < -0.3 is 14.8 Å². The Morgan fingerprint density at radius 3 is 2.35 bits per heavy atom. The summed E-state index contributed by atoms with van der Waals surface area (Å²) in [6.07, 6.45) is 9.17. The summed E-state index contributed by atoms with van der Waals surface area (Å²) in [5.74, 6) is -0.723. The third-order valence-electron chi connectivity index (χ3n) is 6.07. The quantitative estimate of drug-likeness (QED) is 0.577. The predicted octanol–water partition coefficient (Wildman–Crippen LogP) is 3.43. The van der Waals surface area contributed by atoms with Crippen molar-refractivity contribution in [3.8, 4) is 0 Å². The van der Waals surface area contributed by atoms with Gasteiger partial charge in [0.05, 0.1) is 0 Å². The van der Waals surface area contributed by atoms with Gasteiger partial charge in [-0.1, -0.05) is 55.8 Å². The van der Waals surface area contributed by atoms with Crippen molar-refractivity contribution >= 4 is 17.9 Å². The number of rotatable bonds is 9. The number of hydrogen-bond donors (Lipinski definition) is 1. The maximum Gasteiger partial charge on any atom is 0.259 e. The molecule has 0 atom stereocenters. The van der Waals surface area contributed by atoms with Crippen molar-refractivity contribution in [1.29, 1.82) is 0 Å². The van der Waals surface area contributed by atoms with Crippen LogP contribution in [-0.4, -0.2) is 65.4 Å². The van der Waals surface area contributed by atoms with Gasteiger partial charge >= 0.3 is 0 Å². The summed E-state index contributed by atoms with van der Waals surface area (Å²) in [7, 11) is 0. The first-order valence-electron chi connectivity index (χ1n) is 12.2. The Morgan fingerprint density at radius 1 is 1.03 bits per heavy atom. The van der Waals surface area contributed by atoms with Crippen LogP contribution in [0.5, 0.6) is 0 Å². The topological polar surface area (TPSA) is 74.7 Å². The lowest BCUT2D eigenvalue weighted by molar-refractivity contribution is 0.0648. The van der Waals surface area contributed by atoms with Crippen molar-refractivity contribution in [2.75, 3.05) is 39.3 Å². The molecule has 7 nitrogen and oxygen atoms in total. The first-order valence-corrected chi connectivity index (χ1v) is 12.2. The van der Waals surface area contributed by atoms with Gasteiger partial charge in [0.1, 0.15) is 11.1 Å². The molecule has 182 valence electrons. The molecular weight excluding hydrogens is 428 g/mol. The van der Waals surface area contributed by atoms with E-state index in [1.165, 1.54) is 0 Å². The van der Waals surface area contributed by atoms with Crippen molar-refractivity contribution in [1.82, 2.24) is 19.7 Å². The smallest absolute Gasteiger partial charge is 0.259 e. The van der Waals surface area contributed by atoms with E-state index in [0.29, 0.717) is 19.6 Å². The van der Waals surface area contributed by atoms with Crippen LogP contribution in [0.25, 0.3) is 6.08 Å². The summed E-state index contributed by atoms with van der Waals surface area (Å²) in [5.41, 5.74) is 0.759. The first kappa shape index (κ1) is 25.4. The van der Waals surface area contributed by atoms with Crippen LogP contribution >= 0.6 is 0 Å². The number of amides is 2. The number of benzene rings is 1. The van der Waals surface area contributed by atoms with Gasteiger partial charge in [-0.25, -0.2) is 0 Å². The van der Waals surface area contributed by atoms with E-state index < -0.39 is 11.3 Å². The average molecular weight is 465 g/mol. The summed E-state index contributed by atoms with van der Waals surface area (Å²) >= 11 is 0. The van der Waals surface area contributed by atoms with E-state index in [0.717, 1.165) is 38.0 Å². The van der Waals surface area contributed by atoms with Gasteiger partial charge in [-0.05, 0) is 25.8 Å². The Labute approximate surface area is 202 Å².